The summed E-state index contributed by atoms with van der Waals surface area (Å²) < 4.78 is 13.9. The average Bonchev–Trinajstić information content (AvgIpc) is 3.00. The minimum absolute atomic E-state index is 0.0497. The van der Waals surface area contributed by atoms with Crippen molar-refractivity contribution in [2.45, 2.75) is 13.8 Å². The first-order chi connectivity index (χ1) is 15.8. The Hall–Kier alpha value is -3.97. The van der Waals surface area contributed by atoms with Crippen LogP contribution in [-0.2, 0) is 9.59 Å². The first-order valence-electron chi connectivity index (χ1n) is 10.0. The van der Waals surface area contributed by atoms with Gasteiger partial charge in [-0.05, 0) is 55.8 Å². The van der Waals surface area contributed by atoms with Gasteiger partial charge in [0.05, 0.1) is 11.4 Å². The lowest BCUT2D eigenvalue weighted by atomic mass is 10.1. The summed E-state index contributed by atoms with van der Waals surface area (Å²) in [6, 6.07) is 17.5. The molecule has 0 saturated heterocycles. The standard InChI is InChI=1S/C25H19ClFN3O3/c1-14-7-11-17(12-8-14)30-24(32)21(26)22(25(30)33)28-20-13-16(10-9-15(20)2)23(31)29-19-6-4-3-5-18(19)27/h3-13,28H,1-2H3,(H,29,31). The molecule has 3 aromatic rings. The van der Waals surface area contributed by atoms with Gasteiger partial charge in [0.25, 0.3) is 17.7 Å². The lowest BCUT2D eigenvalue weighted by Gasteiger charge is -2.16. The van der Waals surface area contributed by atoms with Gasteiger partial charge in [-0.15, -0.1) is 0 Å². The number of benzene rings is 3. The van der Waals surface area contributed by atoms with Crippen LogP contribution >= 0.6 is 11.6 Å². The van der Waals surface area contributed by atoms with Crippen molar-refractivity contribution in [3.63, 3.8) is 0 Å². The van der Waals surface area contributed by atoms with Crippen LogP contribution in [0.2, 0.25) is 0 Å². The van der Waals surface area contributed by atoms with Crippen molar-refractivity contribution in [3.8, 4) is 0 Å². The van der Waals surface area contributed by atoms with Crippen LogP contribution in [-0.4, -0.2) is 17.7 Å². The highest BCUT2D eigenvalue weighted by atomic mass is 35.5. The summed E-state index contributed by atoms with van der Waals surface area (Å²) >= 11 is 6.21. The number of nitrogens with one attached hydrogen (secondary N) is 2. The monoisotopic (exact) mass is 463 g/mol. The van der Waals surface area contributed by atoms with Gasteiger partial charge in [0, 0.05) is 11.3 Å². The molecule has 0 atom stereocenters. The van der Waals surface area contributed by atoms with Crippen LogP contribution in [0.25, 0.3) is 0 Å². The quantitative estimate of drug-likeness (QED) is 0.514. The Kier molecular flexibility index (Phi) is 5.98. The molecule has 0 radical (unpaired) electrons. The molecule has 8 heteroatoms. The number of nitrogens with zero attached hydrogens (tertiary/aromatic N) is 1. The summed E-state index contributed by atoms with van der Waals surface area (Å²) in [6.07, 6.45) is 0. The Balaban J connectivity index is 1.59. The molecular weight excluding hydrogens is 445 g/mol. The van der Waals surface area contributed by atoms with Crippen molar-refractivity contribution in [2.24, 2.45) is 0 Å². The lowest BCUT2D eigenvalue weighted by molar-refractivity contribution is -0.120. The highest BCUT2D eigenvalue weighted by molar-refractivity contribution is 6.53. The largest absolute Gasteiger partial charge is 0.349 e. The molecule has 0 aromatic heterocycles. The number of carbonyl (C=O) groups excluding carboxylic acids is 3. The summed E-state index contributed by atoms with van der Waals surface area (Å²) in [5.74, 6) is -2.33. The molecule has 1 aliphatic heterocycles. The van der Waals surface area contributed by atoms with Gasteiger partial charge in [-0.2, -0.15) is 0 Å². The molecule has 33 heavy (non-hydrogen) atoms. The molecule has 3 aromatic carbocycles. The molecule has 1 aliphatic rings. The molecule has 4 rings (SSSR count). The Labute approximate surface area is 194 Å². The third-order valence-corrected chi connectivity index (χ3v) is 5.55. The molecule has 1 heterocycles. The van der Waals surface area contributed by atoms with E-state index in [0.29, 0.717) is 16.9 Å². The number of anilines is 3. The highest BCUT2D eigenvalue weighted by Crippen LogP contribution is 2.31. The summed E-state index contributed by atoms with van der Waals surface area (Å²) in [6.45, 7) is 3.67. The third-order valence-electron chi connectivity index (χ3n) is 5.20. The summed E-state index contributed by atoms with van der Waals surface area (Å²) in [5.41, 5.74) is 2.71. The molecule has 166 valence electrons. The van der Waals surface area contributed by atoms with Gasteiger partial charge < -0.3 is 10.6 Å². The molecule has 0 aliphatic carbocycles. The maximum atomic E-state index is 13.9. The van der Waals surface area contributed by atoms with Crippen LogP contribution in [0, 0.1) is 19.7 Å². The van der Waals surface area contributed by atoms with E-state index in [1.165, 1.54) is 24.3 Å². The van der Waals surface area contributed by atoms with Crippen molar-refractivity contribution in [3.05, 3.63) is 100.0 Å². The van der Waals surface area contributed by atoms with Crippen LogP contribution in [0.3, 0.4) is 0 Å². The fraction of sp³-hybridized carbons (Fsp3) is 0.0800. The van der Waals surface area contributed by atoms with E-state index < -0.39 is 23.5 Å². The lowest BCUT2D eigenvalue weighted by Crippen LogP contribution is -2.32. The van der Waals surface area contributed by atoms with Crippen molar-refractivity contribution in [1.82, 2.24) is 0 Å². The van der Waals surface area contributed by atoms with Gasteiger partial charge in [-0.25, -0.2) is 9.29 Å². The fourth-order valence-electron chi connectivity index (χ4n) is 3.33. The predicted octanol–water partition coefficient (Wildman–Crippen LogP) is 5.13. The van der Waals surface area contributed by atoms with E-state index in [9.17, 15) is 18.8 Å². The SMILES string of the molecule is Cc1ccc(N2C(=O)C(Cl)=C(Nc3cc(C(=O)Nc4ccccc4F)ccc3C)C2=O)cc1. The Morgan fingerprint density at radius 3 is 2.30 bits per heavy atom. The molecule has 0 spiro atoms. The number of para-hydroxylation sites is 1. The number of hydrogen-bond donors (Lipinski definition) is 2. The van der Waals surface area contributed by atoms with Gasteiger partial charge >= 0.3 is 0 Å². The number of amides is 3. The summed E-state index contributed by atoms with van der Waals surface area (Å²) in [5, 5.41) is 5.17. The summed E-state index contributed by atoms with van der Waals surface area (Å²) in [4.78, 5) is 39.3. The summed E-state index contributed by atoms with van der Waals surface area (Å²) in [7, 11) is 0. The van der Waals surface area contributed by atoms with Gasteiger partial charge in [0.1, 0.15) is 16.5 Å². The predicted molar refractivity (Wildman–Crippen MR) is 126 cm³/mol. The van der Waals surface area contributed by atoms with Gasteiger partial charge in [0.15, 0.2) is 0 Å². The topological polar surface area (TPSA) is 78.5 Å². The smallest absolute Gasteiger partial charge is 0.283 e. The third kappa shape index (κ3) is 4.36. The van der Waals surface area contributed by atoms with Crippen molar-refractivity contribution in [1.29, 1.82) is 0 Å². The van der Waals surface area contributed by atoms with Crippen molar-refractivity contribution >= 4 is 46.4 Å². The zero-order valence-corrected chi connectivity index (χ0v) is 18.5. The van der Waals surface area contributed by atoms with Gasteiger partial charge in [-0.1, -0.05) is 47.5 Å². The maximum absolute atomic E-state index is 13.9. The van der Waals surface area contributed by atoms with Crippen LogP contribution < -0.4 is 15.5 Å². The first-order valence-corrected chi connectivity index (χ1v) is 10.4. The average molecular weight is 464 g/mol. The number of carbonyl (C=O) groups is 3. The minimum atomic E-state index is -0.640. The van der Waals surface area contributed by atoms with Gasteiger partial charge in [0.2, 0.25) is 0 Å². The molecule has 0 fully saturated rings. The maximum Gasteiger partial charge on any atom is 0.283 e. The zero-order valence-electron chi connectivity index (χ0n) is 17.8. The Bertz CT molecular complexity index is 1320. The second-order valence-corrected chi connectivity index (χ2v) is 7.94. The molecule has 0 bridgehead atoms. The molecule has 0 saturated carbocycles. The second kappa shape index (κ2) is 8.88. The van der Waals surface area contributed by atoms with Crippen LogP contribution in [0.15, 0.2) is 77.5 Å². The van der Waals surface area contributed by atoms with Crippen LogP contribution in [0.5, 0.6) is 0 Å². The number of imide groups is 1. The van der Waals surface area contributed by atoms with Crippen molar-refractivity contribution < 1.29 is 18.8 Å². The van der Waals surface area contributed by atoms with Crippen LogP contribution in [0.4, 0.5) is 21.5 Å². The zero-order chi connectivity index (χ0) is 23.7. The van der Waals surface area contributed by atoms with E-state index in [4.69, 9.17) is 11.6 Å². The number of rotatable bonds is 5. The number of hydrogen-bond acceptors (Lipinski definition) is 4. The van der Waals surface area contributed by atoms with E-state index in [-0.39, 0.29) is 22.0 Å². The second-order valence-electron chi connectivity index (χ2n) is 7.56. The molecule has 2 N–H and O–H groups in total. The Morgan fingerprint density at radius 1 is 0.909 bits per heavy atom. The minimum Gasteiger partial charge on any atom is -0.349 e. The van der Waals surface area contributed by atoms with Crippen molar-refractivity contribution in [2.75, 3.05) is 15.5 Å². The molecule has 6 nitrogen and oxygen atoms in total. The Morgan fingerprint density at radius 2 is 1.61 bits per heavy atom. The molecule has 0 unspecified atom stereocenters. The van der Waals surface area contributed by atoms with E-state index in [1.807, 2.05) is 6.92 Å². The molecular formula is C25H19ClFN3O3. The fourth-order valence-corrected chi connectivity index (χ4v) is 3.54. The normalized spacial score (nSPS) is 13.5. The van der Waals surface area contributed by atoms with Gasteiger partial charge in [-0.3, -0.25) is 14.4 Å². The van der Waals surface area contributed by atoms with E-state index >= 15 is 0 Å². The highest BCUT2D eigenvalue weighted by Gasteiger charge is 2.39. The van der Waals surface area contributed by atoms with E-state index in [2.05, 4.69) is 10.6 Å². The molecule has 3 amide bonds. The number of halogens is 2. The first kappa shape index (κ1) is 22.2. The van der Waals surface area contributed by atoms with E-state index in [1.54, 1.807) is 49.4 Å². The number of aryl methyl sites for hydroxylation is 2. The van der Waals surface area contributed by atoms with E-state index in [0.717, 1.165) is 10.5 Å². The van der Waals surface area contributed by atoms with Crippen LogP contribution in [0.1, 0.15) is 21.5 Å².